The van der Waals surface area contributed by atoms with Crippen molar-refractivity contribution in [1.82, 2.24) is 4.57 Å². The molecule has 0 spiro atoms. The van der Waals surface area contributed by atoms with E-state index in [-0.39, 0.29) is 147 Å². The van der Waals surface area contributed by atoms with Gasteiger partial charge >= 0.3 is 120 Å². The van der Waals surface area contributed by atoms with E-state index in [2.05, 4.69) is 18.8 Å². The number of carbonyl (C=O) groups is 3. The molecule has 17 heteroatoms. The average Bonchev–Trinajstić information content (AvgIpc) is 2.98. The first-order valence-electron chi connectivity index (χ1n) is 12.8. The van der Waals surface area contributed by atoms with Gasteiger partial charge in [-0.1, -0.05) is 19.6 Å². The average molecular weight is 739 g/mol. The van der Waals surface area contributed by atoms with Gasteiger partial charge < -0.3 is 46.9 Å². The molecule has 0 saturated carbocycles. The largest absolute Gasteiger partial charge is 1.00 e. The molecule has 6 N–H and O–H groups in total. The van der Waals surface area contributed by atoms with Gasteiger partial charge in [0.15, 0.2) is 0 Å². The molecule has 0 atom stereocenters. The summed E-state index contributed by atoms with van der Waals surface area (Å²) >= 11 is 0. The van der Waals surface area contributed by atoms with Crippen LogP contribution < -0.4 is 125 Å². The van der Waals surface area contributed by atoms with Crippen molar-refractivity contribution >= 4 is 24.1 Å². The summed E-state index contributed by atoms with van der Waals surface area (Å²) in [6.45, 7) is 6.86. The zero-order valence-corrected chi connectivity index (χ0v) is 34.1. The minimum absolute atomic E-state index is 0. The van der Waals surface area contributed by atoms with E-state index in [1.807, 2.05) is 13.8 Å². The number of aromatic nitrogens is 1. The van der Waals surface area contributed by atoms with Crippen LogP contribution in [-0.4, -0.2) is 52.9 Å². The molecule has 0 aliphatic carbocycles. The molecular weight excluding hydrogens is 699 g/mol. The molecule has 0 bridgehead atoms. The molecule has 0 unspecified atom stereocenters. The van der Waals surface area contributed by atoms with Crippen LogP contribution >= 0.6 is 0 Å². The number of methoxy groups -OCH3 is 2. The van der Waals surface area contributed by atoms with Crippen LogP contribution in [0.1, 0.15) is 52.2 Å². The zero-order chi connectivity index (χ0) is 34.3. The second kappa shape index (κ2) is 27.1. The van der Waals surface area contributed by atoms with Crippen LogP contribution in [0.15, 0.2) is 74.7 Å². The van der Waals surface area contributed by atoms with Crippen molar-refractivity contribution in [3.63, 3.8) is 0 Å². The molecule has 2 aromatic carbocycles. The molecule has 0 amide bonds. The predicted molar refractivity (Wildman–Crippen MR) is 171 cm³/mol. The topological polar surface area (TPSA) is 252 Å². The Bertz CT molecular complexity index is 1740. The van der Waals surface area contributed by atoms with Gasteiger partial charge in [0.1, 0.15) is 17.3 Å². The third-order valence-corrected chi connectivity index (χ3v) is 5.69. The summed E-state index contributed by atoms with van der Waals surface area (Å²) in [5.74, 6) is -0.535. The number of nitrogen functional groups attached to an aromatic ring is 1. The van der Waals surface area contributed by atoms with Crippen molar-refractivity contribution in [2.24, 2.45) is 0 Å². The third kappa shape index (κ3) is 18.2. The van der Waals surface area contributed by atoms with Gasteiger partial charge in [0.2, 0.25) is 0 Å². The van der Waals surface area contributed by atoms with Crippen LogP contribution in [0.2, 0.25) is 0 Å². The molecule has 0 saturated heterocycles. The maximum atomic E-state index is 12.1. The Labute approximate surface area is 369 Å². The number of hydrogen-bond acceptors (Lipinski definition) is 13. The zero-order valence-electron chi connectivity index (χ0n) is 28.9. The molecule has 4 rings (SSSR count). The van der Waals surface area contributed by atoms with Crippen LogP contribution in [0.5, 0.6) is 11.5 Å². The Balaban J connectivity index is -0.000000195. The van der Waals surface area contributed by atoms with Crippen LogP contribution in [-0.2, 0) is 19.2 Å². The molecule has 0 radical (unpaired) electrons. The van der Waals surface area contributed by atoms with E-state index in [1.165, 1.54) is 30.9 Å². The normalized spacial score (nSPS) is 8.71. The van der Waals surface area contributed by atoms with Crippen LogP contribution in [0.3, 0.4) is 0 Å². The van der Waals surface area contributed by atoms with Gasteiger partial charge in [0.25, 0.3) is 12.0 Å². The Morgan fingerprint density at radius 3 is 1.71 bits per heavy atom. The maximum Gasteiger partial charge on any atom is 1.00 e. The molecule has 2 heterocycles. The fourth-order valence-corrected chi connectivity index (χ4v) is 3.56. The Morgan fingerprint density at radius 1 is 0.837 bits per heavy atom. The maximum absolute atomic E-state index is 12.1. The van der Waals surface area contributed by atoms with Gasteiger partial charge in [-0.05, 0) is 69.2 Å². The summed E-state index contributed by atoms with van der Waals surface area (Å²) in [5.41, 5.74) is 9.17. The second-order valence-corrected chi connectivity index (χ2v) is 9.02. The van der Waals surface area contributed by atoms with Crippen LogP contribution in [0.25, 0.3) is 5.69 Å². The number of aryl methyl sites for hydroxylation is 4. The van der Waals surface area contributed by atoms with Gasteiger partial charge in [-0.15, -0.1) is 0 Å². The molecular formula is C32H40K2N2O13. The number of carbonyl (C=O) groups excluding carboxylic acids is 3. The number of nitrogens with two attached hydrogens (primary N) is 1. The number of aromatic hydroxyl groups is 2. The van der Waals surface area contributed by atoms with E-state index in [9.17, 15) is 24.3 Å². The molecule has 0 aliphatic rings. The van der Waals surface area contributed by atoms with Gasteiger partial charge in [0.05, 0.1) is 37.1 Å². The van der Waals surface area contributed by atoms with Crippen molar-refractivity contribution in [2.75, 3.05) is 20.0 Å². The quantitative estimate of drug-likeness (QED) is 0.0457. The Hall–Kier alpha value is -2.66. The van der Waals surface area contributed by atoms with Crippen molar-refractivity contribution in [3.05, 3.63) is 115 Å². The molecule has 15 nitrogen and oxygen atoms in total. The summed E-state index contributed by atoms with van der Waals surface area (Å²) in [7, 11) is 2.65. The number of esters is 2. The van der Waals surface area contributed by atoms with Crippen molar-refractivity contribution in [1.29, 1.82) is 0 Å². The van der Waals surface area contributed by atoms with Crippen molar-refractivity contribution in [2.45, 2.75) is 35.1 Å². The van der Waals surface area contributed by atoms with Gasteiger partial charge in [-0.3, -0.25) is 14.2 Å². The van der Waals surface area contributed by atoms with E-state index in [0.29, 0.717) is 34.0 Å². The van der Waals surface area contributed by atoms with E-state index in [1.54, 1.807) is 50.2 Å². The van der Waals surface area contributed by atoms with Crippen LogP contribution in [0.4, 0.5) is 5.69 Å². The molecule has 49 heavy (non-hydrogen) atoms. The first-order chi connectivity index (χ1) is 21.2. The van der Waals surface area contributed by atoms with E-state index in [4.69, 9.17) is 20.9 Å². The molecule has 0 fully saturated rings. The minimum Gasteiger partial charge on any atom is -1.00 e. The van der Waals surface area contributed by atoms with E-state index >= 15 is 0 Å². The van der Waals surface area contributed by atoms with Crippen molar-refractivity contribution in [3.8, 4) is 17.2 Å². The number of benzene rings is 2. The predicted octanol–water partition coefficient (Wildman–Crippen LogP) is -3.67. The molecule has 0 aliphatic heterocycles. The fourth-order valence-electron chi connectivity index (χ4n) is 3.56. The number of nitrogens with zero attached hydrogens (tertiary/aromatic N) is 1. The SMILES string of the molecule is C.COC(=O)c1ccc(C)c(-n2c(C)cc(O)cc2=O)c1.COC(=O)c1ccc(C)c(N)c1.Cc1cc(O)cc(=O)o1.O.O=CO[O-].[H-].[K+].[K+]. The Morgan fingerprint density at radius 2 is 1.31 bits per heavy atom. The van der Waals surface area contributed by atoms with Gasteiger partial charge in [-0.25, -0.2) is 14.4 Å². The first kappa shape index (κ1) is 53.1. The standard InChI is InChI=1S/C15H15NO4.C9H11NO2.C6H6O3.CH2O3.CH4.2K.H2O.H/c1-9-4-5-11(15(19)20-3)7-13(9)16-10(2)6-12(17)8-14(16)18;1-6-3-4-7(5-8(6)10)9(11)12-2;1-4-2-5(7)3-6(8)9-4;2-1-4-3;;;;;/h4-8,17H,1-3H3;3-5H,10H2,1-2H3;2-3,7H,1H3;1,3H;1H4;;;1H2;/q;;;;;2*+1;;-1/p-1. The number of anilines is 1. The minimum atomic E-state index is -0.521. The summed E-state index contributed by atoms with van der Waals surface area (Å²) < 4.78 is 15.2. The molecule has 2 aromatic heterocycles. The number of ether oxygens (including phenoxy) is 2. The number of rotatable bonds is 4. The third-order valence-electron chi connectivity index (χ3n) is 5.69. The van der Waals surface area contributed by atoms with Crippen LogP contribution in [0, 0.1) is 27.7 Å². The van der Waals surface area contributed by atoms with E-state index < -0.39 is 11.6 Å². The molecule has 258 valence electrons. The number of hydrogen-bond donors (Lipinski definition) is 3. The number of pyridine rings is 1. The summed E-state index contributed by atoms with van der Waals surface area (Å²) in [4.78, 5) is 56.3. The smallest absolute Gasteiger partial charge is 1.00 e. The molecule has 4 aromatic rings. The van der Waals surface area contributed by atoms with E-state index in [0.717, 1.165) is 23.3 Å². The summed E-state index contributed by atoms with van der Waals surface area (Å²) in [6, 6.07) is 15.1. The second-order valence-electron chi connectivity index (χ2n) is 9.02. The summed E-state index contributed by atoms with van der Waals surface area (Å²) in [5, 5.41) is 26.6. The monoisotopic (exact) mass is 738 g/mol. The summed E-state index contributed by atoms with van der Waals surface area (Å²) in [6.07, 6.45) is 0. The van der Waals surface area contributed by atoms with Gasteiger partial charge in [-0.2, -0.15) is 0 Å². The van der Waals surface area contributed by atoms with Crippen molar-refractivity contribution < 1.29 is 158 Å². The fraction of sp³-hybridized carbons (Fsp3) is 0.219. The van der Waals surface area contributed by atoms with Gasteiger partial charge in [0, 0.05) is 23.5 Å². The first-order valence-corrected chi connectivity index (χ1v) is 12.8. The Kier molecular flexibility index (Phi) is 29.4.